The van der Waals surface area contributed by atoms with Crippen LogP contribution in [0.15, 0.2) is 12.2 Å². The first-order valence-electron chi connectivity index (χ1n) is 13.1. The molecule has 1 fully saturated rings. The van der Waals surface area contributed by atoms with E-state index in [0.29, 0.717) is 6.42 Å². The normalized spacial score (nSPS) is 26.9. The largest absolute Gasteiger partial charge is 0.397 e. The molecule has 0 saturated carbocycles. The van der Waals surface area contributed by atoms with E-state index in [0.717, 1.165) is 19.3 Å². The van der Waals surface area contributed by atoms with E-state index in [1.54, 1.807) is 6.08 Å². The highest BCUT2D eigenvalue weighted by Crippen LogP contribution is 2.22. The summed E-state index contributed by atoms with van der Waals surface area (Å²) in [4.78, 5) is 0. The van der Waals surface area contributed by atoms with Crippen molar-refractivity contribution in [2.24, 2.45) is 5.73 Å². The van der Waals surface area contributed by atoms with Crippen LogP contribution >= 0.6 is 0 Å². The number of unbranched alkanes of at least 4 members (excludes halogenated alkanes) is 11. The Morgan fingerprint density at radius 1 is 0.917 bits per heavy atom. The molecule has 0 amide bonds. The maximum atomic E-state index is 11.2. The van der Waals surface area contributed by atoms with E-state index < -0.39 is 59.9 Å². The molecule has 0 aromatic carbocycles. The molecule has 11 nitrogen and oxygen atoms in total. The molecule has 1 saturated heterocycles. The number of allylic oxidation sites excluding steroid dienone is 1. The quantitative estimate of drug-likeness (QED) is 0.0745. The van der Waals surface area contributed by atoms with Crippen molar-refractivity contribution in [2.75, 3.05) is 13.2 Å². The van der Waals surface area contributed by atoms with Crippen molar-refractivity contribution in [1.82, 2.24) is 0 Å². The predicted octanol–water partition coefficient (Wildman–Crippen LogP) is 1.58. The standard InChI is InChI=1S/C24H47NO10S/c1-2-3-4-5-6-7-8-9-10-11-12-13-14-15-19(35-36(30,31)32)18(25)17-33-24-23(29)22(28)21(27)20(16-26)34-24/h14-15,18-24,26-29H,2-13,16-17,25H2,1H3,(H,30,31,32)/t18?,19?,20-,21+,22+,23-,24?/m1/s1. The van der Waals surface area contributed by atoms with Crippen LogP contribution in [0.2, 0.25) is 0 Å². The molecular formula is C24H47NO10S. The third-order valence-corrected chi connectivity index (χ3v) is 6.72. The van der Waals surface area contributed by atoms with Crippen LogP contribution in [0.25, 0.3) is 0 Å². The SMILES string of the molecule is CCCCCCCCCCCCCC=CC(OS(=O)(=O)O)C(N)COC1O[C@H](CO)[C@H](O)[C@H](O)[C@H]1O. The summed E-state index contributed by atoms with van der Waals surface area (Å²) in [5, 5.41) is 38.9. The lowest BCUT2D eigenvalue weighted by atomic mass is 9.99. The second kappa shape index (κ2) is 18.6. The molecule has 0 spiro atoms. The fourth-order valence-corrected chi connectivity index (χ4v) is 4.54. The maximum Gasteiger partial charge on any atom is 0.397 e. The first-order chi connectivity index (χ1) is 17.1. The zero-order valence-electron chi connectivity index (χ0n) is 21.4. The number of aliphatic hydroxyl groups is 4. The number of aliphatic hydroxyl groups excluding tert-OH is 4. The Morgan fingerprint density at radius 3 is 2.00 bits per heavy atom. The molecule has 0 aromatic rings. The zero-order chi connectivity index (χ0) is 27.0. The fourth-order valence-electron chi connectivity index (χ4n) is 4.05. The average molecular weight is 542 g/mol. The van der Waals surface area contributed by atoms with E-state index in [-0.39, 0.29) is 6.61 Å². The lowest BCUT2D eigenvalue weighted by Crippen LogP contribution is -2.59. The predicted molar refractivity (Wildman–Crippen MR) is 134 cm³/mol. The Kier molecular flexibility index (Phi) is 17.2. The molecule has 36 heavy (non-hydrogen) atoms. The minimum absolute atomic E-state index is 0.369. The van der Waals surface area contributed by atoms with Crippen molar-refractivity contribution < 1.29 is 47.1 Å². The number of hydrogen-bond acceptors (Lipinski definition) is 10. The smallest absolute Gasteiger partial charge is 0.394 e. The topological polar surface area (TPSA) is 189 Å². The second-order valence-electron chi connectivity index (χ2n) is 9.44. The summed E-state index contributed by atoms with van der Waals surface area (Å²) in [6.07, 6.45) is 8.64. The van der Waals surface area contributed by atoms with Gasteiger partial charge in [-0.1, -0.05) is 83.3 Å². The zero-order valence-corrected chi connectivity index (χ0v) is 22.2. The average Bonchev–Trinajstić information content (AvgIpc) is 2.83. The lowest BCUT2D eigenvalue weighted by Gasteiger charge is -2.40. The van der Waals surface area contributed by atoms with Crippen LogP contribution in [0, 0.1) is 0 Å². The van der Waals surface area contributed by atoms with Gasteiger partial charge in [0.25, 0.3) is 0 Å². The minimum atomic E-state index is -4.79. The highest BCUT2D eigenvalue weighted by atomic mass is 32.3. The summed E-state index contributed by atoms with van der Waals surface area (Å²) in [6.45, 7) is 1.23. The van der Waals surface area contributed by atoms with Crippen molar-refractivity contribution in [2.45, 2.75) is 127 Å². The second-order valence-corrected chi connectivity index (χ2v) is 10.5. The van der Waals surface area contributed by atoms with Crippen LogP contribution in [0.4, 0.5) is 0 Å². The van der Waals surface area contributed by atoms with E-state index in [9.17, 15) is 28.8 Å². The number of nitrogens with two attached hydrogens (primary N) is 1. The fraction of sp³-hybridized carbons (Fsp3) is 0.917. The van der Waals surface area contributed by atoms with Crippen LogP contribution in [-0.2, 0) is 24.1 Å². The van der Waals surface area contributed by atoms with Gasteiger partial charge in [0.1, 0.15) is 30.5 Å². The van der Waals surface area contributed by atoms with Crippen molar-refractivity contribution in [3.63, 3.8) is 0 Å². The molecule has 1 aliphatic rings. The van der Waals surface area contributed by atoms with Crippen LogP contribution in [0.1, 0.15) is 84.0 Å². The van der Waals surface area contributed by atoms with E-state index >= 15 is 0 Å². The third-order valence-electron chi connectivity index (χ3n) is 6.26. The summed E-state index contributed by atoms with van der Waals surface area (Å²) in [5.41, 5.74) is 5.99. The van der Waals surface area contributed by atoms with Gasteiger partial charge in [-0.15, -0.1) is 0 Å². The van der Waals surface area contributed by atoms with Crippen molar-refractivity contribution in [1.29, 1.82) is 0 Å². The molecule has 1 rings (SSSR count). The van der Waals surface area contributed by atoms with Crippen molar-refractivity contribution in [3.8, 4) is 0 Å². The Hall–Kier alpha value is -0.670. The molecule has 0 radical (unpaired) electrons. The first kappa shape index (κ1) is 33.4. The van der Waals surface area contributed by atoms with E-state index in [4.69, 9.17) is 19.8 Å². The number of rotatable bonds is 20. The molecule has 7 atom stereocenters. The van der Waals surface area contributed by atoms with Crippen molar-refractivity contribution in [3.05, 3.63) is 12.2 Å². The maximum absolute atomic E-state index is 11.2. The Labute approximate surface area is 215 Å². The monoisotopic (exact) mass is 541 g/mol. The summed E-state index contributed by atoms with van der Waals surface area (Å²) in [7, 11) is -4.79. The van der Waals surface area contributed by atoms with Gasteiger partial charge in [-0.05, 0) is 12.8 Å². The minimum Gasteiger partial charge on any atom is -0.394 e. The number of ether oxygens (including phenoxy) is 2. The Balaban J connectivity index is 2.39. The molecule has 3 unspecified atom stereocenters. The van der Waals surface area contributed by atoms with Gasteiger partial charge in [-0.25, -0.2) is 4.18 Å². The molecule has 1 aliphatic heterocycles. The van der Waals surface area contributed by atoms with Gasteiger partial charge in [0.2, 0.25) is 0 Å². The molecule has 214 valence electrons. The van der Waals surface area contributed by atoms with Gasteiger partial charge in [0.05, 0.1) is 19.3 Å². The summed E-state index contributed by atoms with van der Waals surface area (Å²) in [6, 6.07) is -1.08. The summed E-state index contributed by atoms with van der Waals surface area (Å²) in [5.74, 6) is 0. The lowest BCUT2D eigenvalue weighted by molar-refractivity contribution is -0.302. The van der Waals surface area contributed by atoms with Crippen molar-refractivity contribution >= 4 is 10.4 Å². The molecule has 0 bridgehead atoms. The van der Waals surface area contributed by atoms with Crippen LogP contribution in [0.5, 0.6) is 0 Å². The highest BCUT2D eigenvalue weighted by Gasteiger charge is 2.44. The molecular weight excluding hydrogens is 494 g/mol. The molecule has 7 N–H and O–H groups in total. The van der Waals surface area contributed by atoms with E-state index in [2.05, 4.69) is 11.1 Å². The first-order valence-corrected chi connectivity index (χ1v) is 14.5. The van der Waals surface area contributed by atoms with Gasteiger partial charge < -0.3 is 35.6 Å². The Bertz CT molecular complexity index is 690. The van der Waals surface area contributed by atoms with Gasteiger partial charge >= 0.3 is 10.4 Å². The summed E-state index contributed by atoms with van der Waals surface area (Å²) < 4.78 is 46.8. The molecule has 0 aromatic heterocycles. The van der Waals surface area contributed by atoms with Crippen LogP contribution < -0.4 is 5.73 Å². The van der Waals surface area contributed by atoms with Crippen LogP contribution in [-0.4, -0.2) is 89.5 Å². The van der Waals surface area contributed by atoms with Gasteiger partial charge in [0.15, 0.2) is 6.29 Å². The van der Waals surface area contributed by atoms with E-state index in [1.807, 2.05) is 0 Å². The molecule has 12 heteroatoms. The highest BCUT2D eigenvalue weighted by molar-refractivity contribution is 7.80. The summed E-state index contributed by atoms with van der Waals surface area (Å²) >= 11 is 0. The molecule has 1 heterocycles. The molecule has 0 aliphatic carbocycles. The van der Waals surface area contributed by atoms with Crippen LogP contribution in [0.3, 0.4) is 0 Å². The van der Waals surface area contributed by atoms with Gasteiger partial charge in [-0.2, -0.15) is 8.42 Å². The van der Waals surface area contributed by atoms with E-state index in [1.165, 1.54) is 57.4 Å². The van der Waals surface area contributed by atoms with Gasteiger partial charge in [0, 0.05) is 0 Å². The third kappa shape index (κ3) is 13.8. The number of hydrogen-bond donors (Lipinski definition) is 6. The van der Waals surface area contributed by atoms with Gasteiger partial charge in [-0.3, -0.25) is 4.55 Å². The Morgan fingerprint density at radius 2 is 1.47 bits per heavy atom.